The molecule has 3 aromatic carbocycles. The normalized spacial score (nSPS) is 11.5. The number of oxazole rings is 1. The Morgan fingerprint density at radius 3 is 2.58 bits per heavy atom. The van der Waals surface area contributed by atoms with Crippen LogP contribution in [-0.2, 0) is 32.4 Å². The molecular weight excluding hydrogens is 530 g/mol. The molecule has 0 amide bonds. The predicted molar refractivity (Wildman–Crippen MR) is 152 cm³/mol. The monoisotopic (exact) mass is 557 g/mol. The van der Waals surface area contributed by atoms with E-state index in [2.05, 4.69) is 9.97 Å². The molecule has 0 aliphatic heterocycles. The van der Waals surface area contributed by atoms with Gasteiger partial charge >= 0.3 is 5.97 Å². The number of fused-ring (bicyclic) bond motifs is 2. The Kier molecular flexibility index (Phi) is 7.47. The Bertz CT molecular complexity index is 1810. The van der Waals surface area contributed by atoms with Crippen LogP contribution in [0.25, 0.3) is 22.0 Å². The van der Waals surface area contributed by atoms with Crippen molar-refractivity contribution in [2.45, 2.75) is 24.7 Å². The second kappa shape index (κ2) is 11.1. The lowest BCUT2D eigenvalue weighted by Crippen LogP contribution is -2.36. The number of nitrogens with zero attached hydrogens (tertiary/aromatic N) is 3. The van der Waals surface area contributed by atoms with Crippen LogP contribution in [0.5, 0.6) is 0 Å². The van der Waals surface area contributed by atoms with Gasteiger partial charge in [-0.2, -0.15) is 0 Å². The average Bonchev–Trinajstić information content (AvgIpc) is 3.37. The molecule has 0 aliphatic rings. The number of benzene rings is 3. The van der Waals surface area contributed by atoms with Crippen molar-refractivity contribution in [1.29, 1.82) is 5.41 Å². The Morgan fingerprint density at radius 1 is 1.05 bits per heavy atom. The number of sulfonamides is 1. The van der Waals surface area contributed by atoms with Crippen LogP contribution in [0, 0.1) is 5.41 Å². The molecular formula is C29H27N5O5S. The van der Waals surface area contributed by atoms with E-state index in [4.69, 9.17) is 20.3 Å². The fraction of sp³-hybridized carbons (Fsp3) is 0.172. The van der Waals surface area contributed by atoms with Crippen LogP contribution in [0.1, 0.15) is 23.9 Å². The van der Waals surface area contributed by atoms with Crippen molar-refractivity contribution in [2.75, 3.05) is 17.5 Å². The molecule has 0 saturated carbocycles. The smallest absolute Gasteiger partial charge is 0.326 e. The molecule has 0 saturated heterocycles. The fourth-order valence-electron chi connectivity index (χ4n) is 4.37. The molecule has 5 aromatic rings. The topological polar surface area (TPSA) is 152 Å². The quantitative estimate of drug-likeness (QED) is 0.147. The van der Waals surface area contributed by atoms with Crippen LogP contribution in [0.15, 0.2) is 88.3 Å². The number of carbonyl (C=O) groups is 1. The molecule has 10 nitrogen and oxygen atoms in total. The van der Waals surface area contributed by atoms with Gasteiger partial charge in [0.25, 0.3) is 10.0 Å². The van der Waals surface area contributed by atoms with Crippen LogP contribution in [0.2, 0.25) is 0 Å². The van der Waals surface area contributed by atoms with Gasteiger partial charge in [0.05, 0.1) is 17.8 Å². The summed E-state index contributed by atoms with van der Waals surface area (Å²) in [4.78, 5) is 21.3. The lowest BCUT2D eigenvalue weighted by Gasteiger charge is -2.24. The van der Waals surface area contributed by atoms with Crippen LogP contribution < -0.4 is 10.0 Å². The van der Waals surface area contributed by atoms with Crippen LogP contribution in [-0.4, -0.2) is 43.3 Å². The molecule has 0 aliphatic carbocycles. The molecule has 11 heteroatoms. The van der Waals surface area contributed by atoms with E-state index in [1.807, 2.05) is 12.1 Å². The second-order valence-electron chi connectivity index (χ2n) is 9.02. The molecule has 40 heavy (non-hydrogen) atoms. The van der Waals surface area contributed by atoms with E-state index < -0.39 is 22.5 Å². The van der Waals surface area contributed by atoms with Crippen molar-refractivity contribution in [2.24, 2.45) is 5.73 Å². The molecule has 0 spiro atoms. The highest BCUT2D eigenvalue weighted by molar-refractivity contribution is 7.93. The summed E-state index contributed by atoms with van der Waals surface area (Å²) in [5.74, 6) is -0.186. The number of nitrogen functional groups attached to an aromatic ring is 1. The van der Waals surface area contributed by atoms with E-state index in [1.165, 1.54) is 12.3 Å². The summed E-state index contributed by atoms with van der Waals surface area (Å²) >= 11 is 0. The molecule has 0 unspecified atom stereocenters. The first-order chi connectivity index (χ1) is 19.3. The van der Waals surface area contributed by atoms with Crippen molar-refractivity contribution in [3.05, 3.63) is 96.0 Å². The number of rotatable bonds is 10. The summed E-state index contributed by atoms with van der Waals surface area (Å²) in [6.45, 7) is 1.25. The maximum Gasteiger partial charge on any atom is 0.326 e. The first-order valence-electron chi connectivity index (χ1n) is 12.6. The molecule has 3 N–H and O–H groups in total. The third-order valence-corrected chi connectivity index (χ3v) is 8.14. The Morgan fingerprint density at radius 2 is 1.82 bits per heavy atom. The van der Waals surface area contributed by atoms with Gasteiger partial charge in [-0.3, -0.25) is 19.5 Å². The van der Waals surface area contributed by atoms with Gasteiger partial charge in [-0.1, -0.05) is 42.5 Å². The molecule has 0 radical (unpaired) electrons. The molecule has 0 fully saturated rings. The van der Waals surface area contributed by atoms with Crippen molar-refractivity contribution in [1.82, 2.24) is 9.97 Å². The number of hydrogen-bond acceptors (Lipinski definition) is 8. The van der Waals surface area contributed by atoms with Gasteiger partial charge in [-0.15, -0.1) is 0 Å². The van der Waals surface area contributed by atoms with Gasteiger partial charge in [0.2, 0.25) is 0 Å². The second-order valence-corrected chi connectivity index (χ2v) is 10.8. The summed E-state index contributed by atoms with van der Waals surface area (Å²) in [7, 11) is -4.22. The number of pyridine rings is 1. The lowest BCUT2D eigenvalue weighted by atomic mass is 10.1. The highest BCUT2D eigenvalue weighted by Crippen LogP contribution is 2.30. The zero-order valence-electron chi connectivity index (χ0n) is 21.7. The van der Waals surface area contributed by atoms with Crippen molar-refractivity contribution in [3.8, 4) is 0 Å². The zero-order valence-corrected chi connectivity index (χ0v) is 22.5. The minimum absolute atomic E-state index is 0.0111. The van der Waals surface area contributed by atoms with Crippen molar-refractivity contribution >= 4 is 49.5 Å². The Hall–Kier alpha value is -4.77. The van der Waals surface area contributed by atoms with Crippen molar-refractivity contribution in [3.63, 3.8) is 0 Å². The third-order valence-electron chi connectivity index (χ3n) is 6.34. The van der Waals surface area contributed by atoms with Gasteiger partial charge in [-0.05, 0) is 49.2 Å². The van der Waals surface area contributed by atoms with E-state index in [0.29, 0.717) is 46.3 Å². The molecule has 0 bridgehead atoms. The highest BCUT2D eigenvalue weighted by atomic mass is 32.2. The third kappa shape index (κ3) is 5.50. The number of carbonyl (C=O) groups excluding carboxylic acids is 1. The van der Waals surface area contributed by atoms with Gasteiger partial charge < -0.3 is 14.9 Å². The standard InChI is InChI=1S/C29H27N5O5S/c1-2-38-27(35)18-34(40(36,37)25-7-3-5-20-6-4-16-32-28(20)25)22-13-14-24-23(17-22)33-26(39-24)15-10-19-8-11-21(12-9-19)29(30)31/h3-9,11-14,16-17H,2,10,15,18H2,1H3,(H3,30,31). The molecule has 0 atom stereocenters. The average molecular weight is 558 g/mol. The van der Waals surface area contributed by atoms with Crippen LogP contribution >= 0.6 is 0 Å². The Balaban J connectivity index is 1.47. The van der Waals surface area contributed by atoms with E-state index in [-0.39, 0.29) is 23.0 Å². The highest BCUT2D eigenvalue weighted by Gasteiger charge is 2.30. The minimum Gasteiger partial charge on any atom is -0.465 e. The first kappa shape index (κ1) is 26.8. The molecule has 2 aromatic heterocycles. The number of aromatic nitrogens is 2. The zero-order chi connectivity index (χ0) is 28.3. The number of nitrogens with one attached hydrogen (secondary N) is 1. The number of ether oxygens (including phenoxy) is 1. The molecule has 5 rings (SSSR count). The number of nitrogens with two attached hydrogens (primary N) is 1. The SMILES string of the molecule is CCOC(=O)CN(c1ccc2oc(CCc3ccc(C(=N)N)cc3)nc2c1)S(=O)(=O)c1cccc2cccnc12. The van der Waals surface area contributed by atoms with E-state index in [0.717, 1.165) is 9.87 Å². The van der Waals surface area contributed by atoms with Gasteiger partial charge in [0, 0.05) is 23.6 Å². The van der Waals surface area contributed by atoms with Crippen molar-refractivity contribution < 1.29 is 22.4 Å². The van der Waals surface area contributed by atoms with Crippen LogP contribution in [0.4, 0.5) is 5.69 Å². The predicted octanol–water partition coefficient (Wildman–Crippen LogP) is 4.20. The molecule has 204 valence electrons. The maximum atomic E-state index is 14.0. The molecule has 2 heterocycles. The largest absolute Gasteiger partial charge is 0.465 e. The summed E-state index contributed by atoms with van der Waals surface area (Å²) < 4.78 is 39.9. The van der Waals surface area contributed by atoms with E-state index in [1.54, 1.807) is 61.5 Å². The number of hydrogen-bond donors (Lipinski definition) is 2. The summed E-state index contributed by atoms with van der Waals surface area (Å²) in [5, 5.41) is 8.18. The van der Waals surface area contributed by atoms with Gasteiger partial charge in [0.15, 0.2) is 11.5 Å². The fourth-order valence-corrected chi connectivity index (χ4v) is 5.94. The summed E-state index contributed by atoms with van der Waals surface area (Å²) in [6, 6.07) is 20.6. The summed E-state index contributed by atoms with van der Waals surface area (Å²) in [5.41, 5.74) is 8.70. The summed E-state index contributed by atoms with van der Waals surface area (Å²) in [6.07, 6.45) is 2.68. The van der Waals surface area contributed by atoms with E-state index in [9.17, 15) is 13.2 Å². The Labute approximate surface area is 231 Å². The lowest BCUT2D eigenvalue weighted by molar-refractivity contribution is -0.141. The number of anilines is 1. The van der Waals surface area contributed by atoms with Gasteiger partial charge in [0.1, 0.15) is 22.8 Å². The minimum atomic E-state index is -4.22. The number of amidine groups is 1. The van der Waals surface area contributed by atoms with Crippen LogP contribution in [0.3, 0.4) is 0 Å². The van der Waals surface area contributed by atoms with E-state index >= 15 is 0 Å². The first-order valence-corrected chi connectivity index (χ1v) is 14.0. The number of esters is 1. The number of aryl methyl sites for hydroxylation is 2. The van der Waals surface area contributed by atoms with Gasteiger partial charge in [-0.25, -0.2) is 13.4 Å². The maximum absolute atomic E-state index is 14.0. The number of para-hydroxylation sites is 1.